The van der Waals surface area contributed by atoms with Crippen LogP contribution >= 0.6 is 0 Å². The van der Waals surface area contributed by atoms with Gasteiger partial charge in [0.2, 0.25) is 0 Å². The van der Waals surface area contributed by atoms with Gasteiger partial charge in [0, 0.05) is 11.6 Å². The molecule has 0 heterocycles. The van der Waals surface area contributed by atoms with Crippen molar-refractivity contribution in [1.82, 2.24) is 0 Å². The van der Waals surface area contributed by atoms with Crippen LogP contribution in [-0.4, -0.2) is 0 Å². The average molecular weight is 211 g/mol. The third-order valence-corrected chi connectivity index (χ3v) is 2.95. The molecular formula is C15H17N. The predicted molar refractivity (Wildman–Crippen MR) is 69.4 cm³/mol. The van der Waals surface area contributed by atoms with E-state index >= 15 is 0 Å². The van der Waals surface area contributed by atoms with E-state index in [2.05, 4.69) is 49.4 Å². The van der Waals surface area contributed by atoms with E-state index in [-0.39, 0.29) is 0 Å². The molecule has 2 N–H and O–H groups in total. The summed E-state index contributed by atoms with van der Waals surface area (Å²) in [6.07, 6.45) is 1.11. The van der Waals surface area contributed by atoms with Crippen LogP contribution < -0.4 is 5.73 Å². The maximum atomic E-state index is 5.71. The van der Waals surface area contributed by atoms with Crippen molar-refractivity contribution in [2.75, 3.05) is 5.73 Å². The van der Waals surface area contributed by atoms with Gasteiger partial charge in [0.1, 0.15) is 0 Å². The Kier molecular flexibility index (Phi) is 3.25. The lowest BCUT2D eigenvalue weighted by molar-refractivity contribution is 0.777. The predicted octanol–water partition coefficient (Wildman–Crippen LogP) is 3.81. The minimum absolute atomic E-state index is 0.474. The number of hydrogen-bond donors (Lipinski definition) is 1. The molecule has 82 valence electrons. The molecule has 0 radical (unpaired) electrons. The van der Waals surface area contributed by atoms with Crippen LogP contribution in [-0.2, 0) is 0 Å². The van der Waals surface area contributed by atoms with E-state index in [1.807, 2.05) is 12.1 Å². The molecule has 2 aromatic rings. The maximum Gasteiger partial charge on any atom is 0.0314 e. The molecule has 0 aliphatic rings. The second kappa shape index (κ2) is 4.84. The van der Waals surface area contributed by atoms with Gasteiger partial charge in [-0.2, -0.15) is 0 Å². The van der Waals surface area contributed by atoms with Gasteiger partial charge in [-0.25, -0.2) is 0 Å². The van der Waals surface area contributed by atoms with E-state index in [9.17, 15) is 0 Å². The fourth-order valence-corrected chi connectivity index (χ4v) is 2.08. The van der Waals surface area contributed by atoms with E-state index in [1.54, 1.807) is 0 Å². The molecule has 1 heteroatoms. The fraction of sp³-hybridized carbons (Fsp3) is 0.200. The second-order valence-electron chi connectivity index (χ2n) is 4.04. The molecule has 0 aromatic heterocycles. The van der Waals surface area contributed by atoms with Gasteiger partial charge in [-0.1, -0.05) is 49.4 Å². The summed E-state index contributed by atoms with van der Waals surface area (Å²) in [5.74, 6) is 0.474. The van der Waals surface area contributed by atoms with Gasteiger partial charge in [-0.15, -0.1) is 0 Å². The molecule has 2 rings (SSSR count). The van der Waals surface area contributed by atoms with Gasteiger partial charge >= 0.3 is 0 Å². The SMILES string of the molecule is CCC(c1ccccc1)c1ccc(N)cc1. The van der Waals surface area contributed by atoms with Crippen LogP contribution in [0.1, 0.15) is 30.4 Å². The number of nitrogens with two attached hydrogens (primary N) is 1. The minimum Gasteiger partial charge on any atom is -0.399 e. The van der Waals surface area contributed by atoms with Gasteiger partial charge in [-0.3, -0.25) is 0 Å². The summed E-state index contributed by atoms with van der Waals surface area (Å²) >= 11 is 0. The molecule has 16 heavy (non-hydrogen) atoms. The molecule has 1 unspecified atom stereocenters. The topological polar surface area (TPSA) is 26.0 Å². The van der Waals surface area contributed by atoms with E-state index in [1.165, 1.54) is 11.1 Å². The van der Waals surface area contributed by atoms with Crippen molar-refractivity contribution in [2.24, 2.45) is 0 Å². The number of anilines is 1. The summed E-state index contributed by atoms with van der Waals surface area (Å²) in [6, 6.07) is 18.8. The Labute approximate surface area is 96.9 Å². The maximum absolute atomic E-state index is 5.71. The van der Waals surface area contributed by atoms with Crippen molar-refractivity contribution in [3.63, 3.8) is 0 Å². The van der Waals surface area contributed by atoms with E-state index in [0.29, 0.717) is 5.92 Å². The normalized spacial score (nSPS) is 12.3. The van der Waals surface area contributed by atoms with Crippen molar-refractivity contribution in [3.05, 3.63) is 65.7 Å². The van der Waals surface area contributed by atoms with Gasteiger partial charge in [-0.05, 0) is 29.7 Å². The standard InChI is InChI=1S/C15H17N/c1-2-15(12-6-4-3-5-7-12)13-8-10-14(16)11-9-13/h3-11,15H,2,16H2,1H3. The zero-order chi connectivity index (χ0) is 11.4. The smallest absolute Gasteiger partial charge is 0.0314 e. The molecular weight excluding hydrogens is 194 g/mol. The lowest BCUT2D eigenvalue weighted by Gasteiger charge is -2.15. The van der Waals surface area contributed by atoms with Crippen LogP contribution in [0.15, 0.2) is 54.6 Å². The lowest BCUT2D eigenvalue weighted by atomic mass is 9.89. The van der Waals surface area contributed by atoms with Crippen LogP contribution in [0.3, 0.4) is 0 Å². The van der Waals surface area contributed by atoms with Crippen LogP contribution in [0.5, 0.6) is 0 Å². The number of hydrogen-bond acceptors (Lipinski definition) is 1. The first kappa shape index (κ1) is 10.7. The zero-order valence-electron chi connectivity index (χ0n) is 9.56. The molecule has 0 bridgehead atoms. The van der Waals surface area contributed by atoms with Crippen molar-refractivity contribution in [3.8, 4) is 0 Å². The molecule has 1 nitrogen and oxygen atoms in total. The fourth-order valence-electron chi connectivity index (χ4n) is 2.08. The first-order valence-corrected chi connectivity index (χ1v) is 5.71. The third-order valence-electron chi connectivity index (χ3n) is 2.95. The molecule has 2 aromatic carbocycles. The Morgan fingerprint density at radius 2 is 1.44 bits per heavy atom. The molecule has 0 amide bonds. The van der Waals surface area contributed by atoms with E-state index in [0.717, 1.165) is 12.1 Å². The average Bonchev–Trinajstić information content (AvgIpc) is 2.34. The van der Waals surface area contributed by atoms with Crippen molar-refractivity contribution < 1.29 is 0 Å². The van der Waals surface area contributed by atoms with Crippen molar-refractivity contribution >= 4 is 5.69 Å². The van der Waals surface area contributed by atoms with Gasteiger partial charge in [0.25, 0.3) is 0 Å². The Bertz CT molecular complexity index is 431. The number of benzene rings is 2. The summed E-state index contributed by atoms with van der Waals surface area (Å²) in [5.41, 5.74) is 9.24. The number of nitrogen functional groups attached to an aromatic ring is 1. The molecule has 0 fully saturated rings. The van der Waals surface area contributed by atoms with Crippen LogP contribution in [0.4, 0.5) is 5.69 Å². The van der Waals surface area contributed by atoms with Crippen molar-refractivity contribution in [2.45, 2.75) is 19.3 Å². The third kappa shape index (κ3) is 2.25. The molecule has 0 aliphatic carbocycles. The highest BCUT2D eigenvalue weighted by Crippen LogP contribution is 2.27. The van der Waals surface area contributed by atoms with Crippen LogP contribution in [0, 0.1) is 0 Å². The summed E-state index contributed by atoms with van der Waals surface area (Å²) in [7, 11) is 0. The molecule has 0 aliphatic heterocycles. The molecule has 0 spiro atoms. The van der Waals surface area contributed by atoms with E-state index < -0.39 is 0 Å². The molecule has 0 saturated heterocycles. The van der Waals surface area contributed by atoms with E-state index in [4.69, 9.17) is 5.73 Å². The first-order chi connectivity index (χ1) is 7.81. The Balaban J connectivity index is 2.33. The second-order valence-corrected chi connectivity index (χ2v) is 4.04. The minimum atomic E-state index is 0.474. The molecule has 1 atom stereocenters. The Hall–Kier alpha value is -1.76. The quantitative estimate of drug-likeness (QED) is 0.767. The van der Waals surface area contributed by atoms with Crippen LogP contribution in [0.25, 0.3) is 0 Å². The number of rotatable bonds is 3. The summed E-state index contributed by atoms with van der Waals surface area (Å²) in [6.45, 7) is 2.22. The van der Waals surface area contributed by atoms with Gasteiger partial charge in [0.05, 0.1) is 0 Å². The highest BCUT2D eigenvalue weighted by atomic mass is 14.5. The first-order valence-electron chi connectivity index (χ1n) is 5.71. The zero-order valence-corrected chi connectivity index (χ0v) is 9.56. The lowest BCUT2D eigenvalue weighted by Crippen LogP contribution is -1.99. The Morgan fingerprint density at radius 1 is 0.875 bits per heavy atom. The van der Waals surface area contributed by atoms with Gasteiger partial charge < -0.3 is 5.73 Å². The van der Waals surface area contributed by atoms with Gasteiger partial charge in [0.15, 0.2) is 0 Å². The summed E-state index contributed by atoms with van der Waals surface area (Å²) in [5, 5.41) is 0. The highest BCUT2D eigenvalue weighted by molar-refractivity contribution is 5.42. The van der Waals surface area contributed by atoms with Crippen LogP contribution in [0.2, 0.25) is 0 Å². The highest BCUT2D eigenvalue weighted by Gasteiger charge is 2.10. The summed E-state index contributed by atoms with van der Waals surface area (Å²) < 4.78 is 0. The largest absolute Gasteiger partial charge is 0.399 e. The Morgan fingerprint density at radius 3 is 2.00 bits per heavy atom. The van der Waals surface area contributed by atoms with Crippen molar-refractivity contribution in [1.29, 1.82) is 0 Å². The molecule has 0 saturated carbocycles. The monoisotopic (exact) mass is 211 g/mol. The summed E-state index contributed by atoms with van der Waals surface area (Å²) in [4.78, 5) is 0.